The van der Waals surface area contributed by atoms with Crippen molar-refractivity contribution in [2.24, 2.45) is 11.8 Å². The minimum atomic E-state index is -0.881. The molecule has 0 spiro atoms. The maximum atomic E-state index is 12.1. The van der Waals surface area contributed by atoms with Crippen molar-refractivity contribution in [3.8, 4) is 5.88 Å². The molecule has 1 aliphatic rings. The van der Waals surface area contributed by atoms with Gasteiger partial charge in [-0.25, -0.2) is 4.98 Å². The van der Waals surface area contributed by atoms with Gasteiger partial charge in [0.05, 0.1) is 18.9 Å². The standard InChI is InChI=1S/C14H18N2O4/c1-20-12-7-9(5-6-15-12)8-16-13(17)10-3-2-4-11(10)14(18)19/h5-7,10-11H,2-4,8H2,1H3,(H,16,17)(H,18,19). The molecule has 2 unspecified atom stereocenters. The molecular formula is C14H18N2O4. The molecule has 1 aliphatic carbocycles. The van der Waals surface area contributed by atoms with Gasteiger partial charge in [-0.15, -0.1) is 0 Å². The van der Waals surface area contributed by atoms with E-state index in [1.807, 2.05) is 0 Å². The van der Waals surface area contributed by atoms with Crippen molar-refractivity contribution >= 4 is 11.9 Å². The van der Waals surface area contributed by atoms with E-state index < -0.39 is 17.8 Å². The molecule has 0 bridgehead atoms. The van der Waals surface area contributed by atoms with Crippen LogP contribution in [0, 0.1) is 11.8 Å². The monoisotopic (exact) mass is 278 g/mol. The molecule has 1 aromatic heterocycles. The van der Waals surface area contributed by atoms with Gasteiger partial charge < -0.3 is 15.2 Å². The predicted octanol–water partition coefficient (Wildman–Crippen LogP) is 1.21. The maximum absolute atomic E-state index is 12.1. The lowest BCUT2D eigenvalue weighted by atomic mass is 9.95. The zero-order chi connectivity index (χ0) is 14.5. The van der Waals surface area contributed by atoms with Crippen molar-refractivity contribution in [2.45, 2.75) is 25.8 Å². The number of nitrogens with zero attached hydrogens (tertiary/aromatic N) is 1. The summed E-state index contributed by atoms with van der Waals surface area (Å²) in [5, 5.41) is 11.9. The molecule has 1 heterocycles. The second kappa shape index (κ2) is 6.36. The quantitative estimate of drug-likeness (QED) is 0.845. The van der Waals surface area contributed by atoms with Crippen LogP contribution in [0.5, 0.6) is 5.88 Å². The Bertz CT molecular complexity index is 504. The second-order valence-corrected chi connectivity index (χ2v) is 4.91. The van der Waals surface area contributed by atoms with Crippen LogP contribution in [-0.2, 0) is 16.1 Å². The number of hydrogen-bond donors (Lipinski definition) is 2. The highest BCUT2D eigenvalue weighted by molar-refractivity contribution is 5.85. The summed E-state index contributed by atoms with van der Waals surface area (Å²) in [6.07, 6.45) is 3.62. The van der Waals surface area contributed by atoms with Crippen LogP contribution in [0.4, 0.5) is 0 Å². The lowest BCUT2D eigenvalue weighted by molar-refractivity contribution is -0.146. The topological polar surface area (TPSA) is 88.5 Å². The first-order valence-electron chi connectivity index (χ1n) is 6.61. The number of ether oxygens (including phenoxy) is 1. The molecule has 0 aromatic carbocycles. The van der Waals surface area contributed by atoms with Crippen LogP contribution < -0.4 is 10.1 Å². The van der Waals surface area contributed by atoms with E-state index in [9.17, 15) is 9.59 Å². The van der Waals surface area contributed by atoms with Crippen LogP contribution in [0.3, 0.4) is 0 Å². The molecule has 20 heavy (non-hydrogen) atoms. The molecule has 1 saturated carbocycles. The molecule has 0 saturated heterocycles. The van der Waals surface area contributed by atoms with Gasteiger partial charge in [-0.3, -0.25) is 9.59 Å². The van der Waals surface area contributed by atoms with Crippen molar-refractivity contribution in [2.75, 3.05) is 7.11 Å². The number of carboxylic acids is 1. The van der Waals surface area contributed by atoms with E-state index >= 15 is 0 Å². The van der Waals surface area contributed by atoms with E-state index in [1.165, 1.54) is 7.11 Å². The average Bonchev–Trinajstić information content (AvgIpc) is 2.94. The fourth-order valence-corrected chi connectivity index (χ4v) is 2.56. The summed E-state index contributed by atoms with van der Waals surface area (Å²) in [5.74, 6) is -1.56. The number of methoxy groups -OCH3 is 1. The number of carbonyl (C=O) groups excluding carboxylic acids is 1. The lowest BCUT2D eigenvalue weighted by Crippen LogP contribution is -2.34. The summed E-state index contributed by atoms with van der Waals surface area (Å²) in [5.41, 5.74) is 0.870. The minimum Gasteiger partial charge on any atom is -0.481 e. The smallest absolute Gasteiger partial charge is 0.307 e. The first kappa shape index (κ1) is 14.3. The van der Waals surface area contributed by atoms with Crippen LogP contribution >= 0.6 is 0 Å². The Kier molecular flexibility index (Phi) is 4.55. The Morgan fingerprint density at radius 1 is 1.45 bits per heavy atom. The number of hydrogen-bond acceptors (Lipinski definition) is 4. The van der Waals surface area contributed by atoms with Gasteiger partial charge in [-0.2, -0.15) is 0 Å². The number of rotatable bonds is 5. The Morgan fingerprint density at radius 2 is 2.20 bits per heavy atom. The Labute approximate surface area is 117 Å². The molecule has 1 fully saturated rings. The highest BCUT2D eigenvalue weighted by Crippen LogP contribution is 2.32. The normalized spacial score (nSPS) is 21.4. The van der Waals surface area contributed by atoms with Crippen molar-refractivity contribution < 1.29 is 19.4 Å². The predicted molar refractivity (Wildman–Crippen MR) is 71.1 cm³/mol. The molecular weight excluding hydrogens is 260 g/mol. The van der Waals surface area contributed by atoms with Crippen LogP contribution in [0.25, 0.3) is 0 Å². The fraction of sp³-hybridized carbons (Fsp3) is 0.500. The first-order chi connectivity index (χ1) is 9.61. The maximum Gasteiger partial charge on any atom is 0.307 e. The first-order valence-corrected chi connectivity index (χ1v) is 6.61. The third kappa shape index (κ3) is 3.26. The third-order valence-corrected chi connectivity index (χ3v) is 3.65. The Balaban J connectivity index is 1.93. The van der Waals surface area contributed by atoms with Crippen LogP contribution in [0.1, 0.15) is 24.8 Å². The summed E-state index contributed by atoms with van der Waals surface area (Å²) < 4.78 is 5.01. The van der Waals surface area contributed by atoms with Gasteiger partial charge in [-0.05, 0) is 24.5 Å². The van der Waals surface area contributed by atoms with E-state index in [0.29, 0.717) is 25.3 Å². The molecule has 108 valence electrons. The Morgan fingerprint density at radius 3 is 2.90 bits per heavy atom. The van der Waals surface area contributed by atoms with Crippen LogP contribution in [0.2, 0.25) is 0 Å². The van der Waals surface area contributed by atoms with Crippen LogP contribution in [-0.4, -0.2) is 29.1 Å². The molecule has 1 aromatic rings. The minimum absolute atomic E-state index is 0.189. The van der Waals surface area contributed by atoms with Gasteiger partial charge >= 0.3 is 5.97 Å². The van der Waals surface area contributed by atoms with Crippen molar-refractivity contribution in [3.63, 3.8) is 0 Å². The number of carbonyl (C=O) groups is 2. The summed E-state index contributed by atoms with van der Waals surface area (Å²) >= 11 is 0. The molecule has 6 heteroatoms. The van der Waals surface area contributed by atoms with E-state index in [1.54, 1.807) is 18.3 Å². The number of nitrogens with one attached hydrogen (secondary N) is 1. The van der Waals surface area contributed by atoms with Gasteiger partial charge in [0.2, 0.25) is 11.8 Å². The number of amides is 1. The van der Waals surface area contributed by atoms with Crippen molar-refractivity contribution in [1.29, 1.82) is 0 Å². The van der Waals surface area contributed by atoms with Crippen LogP contribution in [0.15, 0.2) is 18.3 Å². The number of carboxylic acid groups (broad SMARTS) is 1. The molecule has 6 nitrogen and oxygen atoms in total. The third-order valence-electron chi connectivity index (χ3n) is 3.65. The molecule has 2 rings (SSSR count). The van der Waals surface area contributed by atoms with E-state index in [-0.39, 0.29) is 5.91 Å². The molecule has 0 radical (unpaired) electrons. The van der Waals surface area contributed by atoms with Crippen molar-refractivity contribution in [3.05, 3.63) is 23.9 Å². The van der Waals surface area contributed by atoms with E-state index in [2.05, 4.69) is 10.3 Å². The lowest BCUT2D eigenvalue weighted by Gasteiger charge is -2.15. The van der Waals surface area contributed by atoms with E-state index in [4.69, 9.17) is 9.84 Å². The number of aliphatic carboxylic acids is 1. The van der Waals surface area contributed by atoms with Gasteiger partial charge in [0.1, 0.15) is 0 Å². The summed E-state index contributed by atoms with van der Waals surface area (Å²) in [6, 6.07) is 3.52. The van der Waals surface area contributed by atoms with Gasteiger partial charge in [0.15, 0.2) is 0 Å². The average molecular weight is 278 g/mol. The highest BCUT2D eigenvalue weighted by atomic mass is 16.5. The van der Waals surface area contributed by atoms with Gasteiger partial charge in [0.25, 0.3) is 0 Å². The number of aromatic nitrogens is 1. The fourth-order valence-electron chi connectivity index (χ4n) is 2.56. The highest BCUT2D eigenvalue weighted by Gasteiger charge is 2.37. The van der Waals surface area contributed by atoms with Gasteiger partial charge in [0, 0.05) is 18.8 Å². The molecule has 2 N–H and O–H groups in total. The summed E-state index contributed by atoms with van der Waals surface area (Å²) in [6.45, 7) is 0.348. The van der Waals surface area contributed by atoms with Gasteiger partial charge in [-0.1, -0.05) is 6.42 Å². The zero-order valence-electron chi connectivity index (χ0n) is 11.3. The largest absolute Gasteiger partial charge is 0.481 e. The summed E-state index contributed by atoms with van der Waals surface area (Å²) in [7, 11) is 1.53. The molecule has 1 amide bonds. The Hall–Kier alpha value is -2.11. The zero-order valence-corrected chi connectivity index (χ0v) is 11.3. The van der Waals surface area contributed by atoms with Crippen molar-refractivity contribution in [1.82, 2.24) is 10.3 Å². The number of pyridine rings is 1. The van der Waals surface area contributed by atoms with E-state index in [0.717, 1.165) is 12.0 Å². The SMILES string of the molecule is COc1cc(CNC(=O)C2CCCC2C(=O)O)ccn1. The summed E-state index contributed by atoms with van der Waals surface area (Å²) in [4.78, 5) is 27.1. The molecule has 0 aliphatic heterocycles. The molecule has 2 atom stereocenters. The second-order valence-electron chi connectivity index (χ2n) is 4.91.